The molecule has 8 aromatic carbocycles. The second kappa shape index (κ2) is 14.0. The highest BCUT2D eigenvalue weighted by Gasteiger charge is 2.23. The van der Waals surface area contributed by atoms with E-state index in [1.165, 1.54) is 12.1 Å². The number of para-hydroxylation sites is 2. The minimum absolute atomic E-state index is 0.150. The number of rotatable bonds is 6. The fourth-order valence-corrected chi connectivity index (χ4v) is 8.12. The summed E-state index contributed by atoms with van der Waals surface area (Å²) in [4.78, 5) is 4.96. The lowest BCUT2D eigenvalue weighted by Gasteiger charge is -2.19. The maximum Gasteiger partial charge on any atom is 0.153 e. The van der Waals surface area contributed by atoms with Crippen molar-refractivity contribution in [2.75, 3.05) is 0 Å². The maximum atomic E-state index is 13.8. The third-order valence-electron chi connectivity index (χ3n) is 10.9. The Balaban J connectivity index is 1.05. The van der Waals surface area contributed by atoms with Crippen LogP contribution < -0.4 is 5.73 Å². The van der Waals surface area contributed by atoms with Gasteiger partial charge in [0.2, 0.25) is 0 Å². The monoisotopic (exact) mass is 737 g/mol. The Morgan fingerprint density at radius 3 is 1.61 bits per heavy atom. The zero-order valence-corrected chi connectivity index (χ0v) is 30.8. The Morgan fingerprint density at radius 2 is 0.965 bits per heavy atom. The van der Waals surface area contributed by atoms with Gasteiger partial charge >= 0.3 is 0 Å². The maximum absolute atomic E-state index is 13.8. The molecule has 0 saturated heterocycles. The largest absolute Gasteiger partial charge is 0.318 e. The van der Waals surface area contributed by atoms with Gasteiger partial charge in [0.25, 0.3) is 0 Å². The summed E-state index contributed by atoms with van der Waals surface area (Å²) in [5, 5.41) is 13.5. The van der Waals surface area contributed by atoms with E-state index in [0.717, 1.165) is 82.7 Å². The highest BCUT2D eigenvalue weighted by Crippen LogP contribution is 2.37. The van der Waals surface area contributed by atoms with Crippen LogP contribution in [0.5, 0.6) is 0 Å². The van der Waals surface area contributed by atoms with Crippen LogP contribution in [0.4, 0.5) is 4.39 Å². The minimum Gasteiger partial charge on any atom is -0.318 e. The first-order chi connectivity index (χ1) is 28.0. The lowest BCUT2D eigenvalue weighted by atomic mass is 9.98. The summed E-state index contributed by atoms with van der Waals surface area (Å²) >= 11 is 0. The molecule has 10 aromatic rings. The van der Waals surface area contributed by atoms with Crippen molar-refractivity contribution in [2.24, 2.45) is 10.7 Å². The first-order valence-corrected chi connectivity index (χ1v) is 19.0. The van der Waals surface area contributed by atoms with Crippen molar-refractivity contribution in [3.63, 3.8) is 0 Å². The van der Waals surface area contributed by atoms with Gasteiger partial charge in [0, 0.05) is 32.8 Å². The van der Waals surface area contributed by atoms with Crippen LogP contribution in [-0.2, 0) is 0 Å². The van der Waals surface area contributed by atoms with Crippen molar-refractivity contribution in [3.05, 3.63) is 211 Å². The molecule has 2 aromatic heterocycles. The van der Waals surface area contributed by atoms with Crippen LogP contribution >= 0.6 is 0 Å². The van der Waals surface area contributed by atoms with Crippen LogP contribution in [0.15, 0.2) is 199 Å². The van der Waals surface area contributed by atoms with Crippen molar-refractivity contribution in [1.82, 2.24) is 9.13 Å². The van der Waals surface area contributed by atoms with Crippen molar-refractivity contribution >= 4 is 55.3 Å². The molecule has 0 unspecified atom stereocenters. The molecule has 272 valence electrons. The molecule has 5 nitrogen and oxygen atoms in total. The third kappa shape index (κ3) is 6.00. The molecule has 0 saturated carbocycles. The summed E-state index contributed by atoms with van der Waals surface area (Å²) in [5.74, 6) is 0.481. The van der Waals surface area contributed by atoms with E-state index in [1.54, 1.807) is 0 Å². The highest BCUT2D eigenvalue weighted by atomic mass is 19.1. The molecule has 0 aliphatic heterocycles. The summed E-state index contributed by atoms with van der Waals surface area (Å²) < 4.78 is 18.2. The minimum atomic E-state index is -0.583. The van der Waals surface area contributed by atoms with E-state index < -0.39 is 6.04 Å². The number of nitrogens with one attached hydrogen (secondary N) is 1. The summed E-state index contributed by atoms with van der Waals surface area (Å²) in [7, 11) is 0. The summed E-state index contributed by atoms with van der Waals surface area (Å²) in [5.41, 5.74) is 18.1. The summed E-state index contributed by atoms with van der Waals surface area (Å²) in [6.45, 7) is 0. The zero-order valence-electron chi connectivity index (χ0n) is 30.8. The molecule has 0 radical (unpaired) electrons. The van der Waals surface area contributed by atoms with Gasteiger partial charge in [0.05, 0.1) is 28.1 Å². The fourth-order valence-electron chi connectivity index (χ4n) is 8.12. The number of hydrogen-bond acceptors (Lipinski definition) is 2. The number of aromatic nitrogens is 2. The fraction of sp³-hybridized carbons (Fsp3) is 0.0196. The van der Waals surface area contributed by atoms with Crippen LogP contribution in [0.1, 0.15) is 17.2 Å². The van der Waals surface area contributed by atoms with Gasteiger partial charge < -0.3 is 10.3 Å². The zero-order chi connectivity index (χ0) is 38.5. The Labute approximate surface area is 328 Å². The summed E-state index contributed by atoms with van der Waals surface area (Å²) in [6, 6.07) is 64.1. The van der Waals surface area contributed by atoms with Crippen LogP contribution in [0.3, 0.4) is 0 Å². The second-order valence-electron chi connectivity index (χ2n) is 14.3. The van der Waals surface area contributed by atoms with Gasteiger partial charge in [-0.1, -0.05) is 133 Å². The molecule has 0 bridgehead atoms. The van der Waals surface area contributed by atoms with Gasteiger partial charge in [0.15, 0.2) is 5.84 Å². The lowest BCUT2D eigenvalue weighted by molar-refractivity contribution is 0.627. The standard InChI is InChI=1S/C51H36FN5/c52-39-25-27-40(28-26-39)56-45-17-9-7-15-41(45)43-31-37(23-29-47(43)56)33-19-21-34(22-20-33)38-24-30-48-44(32-38)42-16-8-10-18-46(42)57(48)51(49(53)35-11-3-1-4-12-35)55-50(54)36-13-5-2-6-14-36/h1-32,49,54H,53H2/b54-50?,55-51+/t49-/m1/s1. The van der Waals surface area contributed by atoms with E-state index in [4.69, 9.17) is 16.1 Å². The van der Waals surface area contributed by atoms with Gasteiger partial charge in [-0.3, -0.25) is 9.98 Å². The number of nitrogens with two attached hydrogens (primary N) is 1. The van der Waals surface area contributed by atoms with Crippen LogP contribution in [0.25, 0.3) is 71.6 Å². The predicted molar refractivity (Wildman–Crippen MR) is 234 cm³/mol. The van der Waals surface area contributed by atoms with Gasteiger partial charge in [-0.2, -0.15) is 0 Å². The SMILES string of the molecule is N=C(/N=C(\[C@H](N)c1ccccc1)n1c2ccccc2c2cc(-c3ccc(-c4ccc5c(c4)c4ccccc4n5-c4ccc(F)cc4)cc3)ccc21)c1ccccc1. The molecule has 1 atom stereocenters. The van der Waals surface area contributed by atoms with E-state index in [2.05, 4.69) is 106 Å². The summed E-state index contributed by atoms with van der Waals surface area (Å²) in [6.07, 6.45) is 0. The molecular weight excluding hydrogens is 702 g/mol. The number of hydrogen-bond donors (Lipinski definition) is 2. The van der Waals surface area contributed by atoms with E-state index >= 15 is 0 Å². The van der Waals surface area contributed by atoms with Crippen molar-refractivity contribution in [2.45, 2.75) is 6.04 Å². The van der Waals surface area contributed by atoms with Gasteiger partial charge in [-0.05, 0) is 88.5 Å². The molecule has 6 heteroatoms. The van der Waals surface area contributed by atoms with Crippen molar-refractivity contribution in [1.29, 1.82) is 5.41 Å². The van der Waals surface area contributed by atoms with Crippen molar-refractivity contribution in [3.8, 4) is 27.9 Å². The molecular formula is C51H36FN5. The van der Waals surface area contributed by atoms with Gasteiger partial charge in [-0.15, -0.1) is 0 Å². The molecule has 2 heterocycles. The van der Waals surface area contributed by atoms with Crippen LogP contribution in [0.2, 0.25) is 0 Å². The average Bonchev–Trinajstić information content (AvgIpc) is 3.78. The normalized spacial score (nSPS) is 12.5. The molecule has 0 aliphatic rings. The number of fused-ring (bicyclic) bond motifs is 6. The molecule has 0 amide bonds. The molecule has 0 aliphatic carbocycles. The van der Waals surface area contributed by atoms with E-state index in [-0.39, 0.29) is 11.7 Å². The van der Waals surface area contributed by atoms with Gasteiger partial charge in [-0.25, -0.2) is 9.38 Å². The quantitative estimate of drug-likeness (QED) is 0.129. The number of benzene rings is 8. The number of aliphatic imine (C=N–C) groups is 1. The Hall–Kier alpha value is -7.41. The van der Waals surface area contributed by atoms with E-state index in [9.17, 15) is 4.39 Å². The topological polar surface area (TPSA) is 72.1 Å². The Morgan fingerprint density at radius 1 is 0.491 bits per heavy atom. The van der Waals surface area contributed by atoms with Crippen LogP contribution in [0, 0.1) is 11.2 Å². The number of halogens is 1. The Bertz CT molecular complexity index is 3140. The van der Waals surface area contributed by atoms with E-state index in [0.29, 0.717) is 5.84 Å². The van der Waals surface area contributed by atoms with Crippen molar-refractivity contribution < 1.29 is 4.39 Å². The molecule has 57 heavy (non-hydrogen) atoms. The number of nitrogens with zero attached hydrogens (tertiary/aromatic N) is 3. The smallest absolute Gasteiger partial charge is 0.153 e. The second-order valence-corrected chi connectivity index (χ2v) is 14.3. The predicted octanol–water partition coefficient (Wildman–Crippen LogP) is 12.3. The van der Waals surface area contributed by atoms with E-state index in [1.807, 2.05) is 84.9 Å². The molecule has 0 spiro atoms. The third-order valence-corrected chi connectivity index (χ3v) is 10.9. The van der Waals surface area contributed by atoms with Crippen LogP contribution in [-0.4, -0.2) is 20.8 Å². The molecule has 3 N–H and O–H groups in total. The lowest BCUT2D eigenvalue weighted by Crippen LogP contribution is -2.29. The average molecular weight is 738 g/mol. The first-order valence-electron chi connectivity index (χ1n) is 19.0. The first kappa shape index (κ1) is 34.1. The Kier molecular flexibility index (Phi) is 8.39. The highest BCUT2D eigenvalue weighted by molar-refractivity contribution is 6.18. The molecule has 10 rings (SSSR count). The molecule has 0 fully saturated rings. The number of amidine groups is 1. The van der Waals surface area contributed by atoms with Gasteiger partial charge in [0.1, 0.15) is 11.7 Å².